The molecular weight excluding hydrogens is 353 g/mol. The van der Waals surface area contributed by atoms with Gasteiger partial charge in [0, 0.05) is 45.2 Å². The van der Waals surface area contributed by atoms with E-state index in [1.165, 1.54) is 36.9 Å². The maximum absolute atomic E-state index is 13.2. The van der Waals surface area contributed by atoms with E-state index in [1.807, 2.05) is 0 Å². The van der Waals surface area contributed by atoms with Gasteiger partial charge in [-0.15, -0.1) is 0 Å². The third-order valence-corrected chi connectivity index (χ3v) is 4.83. The molecule has 3 rings (SSSR count). The molecule has 0 aliphatic carbocycles. The van der Waals surface area contributed by atoms with Crippen molar-refractivity contribution in [1.82, 2.24) is 14.0 Å². The van der Waals surface area contributed by atoms with Crippen molar-refractivity contribution in [3.8, 4) is 5.75 Å². The molecule has 0 unspecified atom stereocenters. The van der Waals surface area contributed by atoms with Gasteiger partial charge in [0.2, 0.25) is 0 Å². The molecule has 0 radical (unpaired) electrons. The first-order valence-electron chi connectivity index (χ1n) is 8.81. The standard InChI is InChI=1S/C19H22FN3O4/c1-21-16(10-17(24)22(2)19(21)26)18(25)23-8-4-5-13(11-23)12-27-15-7-3-6-14(20)9-15/h3,6-7,9-10,13H,4-5,8,11-12H2,1-2H3/t13-/m0/s1. The van der Waals surface area contributed by atoms with E-state index in [0.717, 1.165) is 17.4 Å². The van der Waals surface area contributed by atoms with Crippen LogP contribution in [0.25, 0.3) is 0 Å². The Labute approximate surface area is 155 Å². The SMILES string of the molecule is Cn1c(C(=O)N2CCC[C@H](COc3cccc(F)c3)C2)cc(=O)n(C)c1=O. The minimum Gasteiger partial charge on any atom is -0.493 e. The van der Waals surface area contributed by atoms with E-state index in [9.17, 15) is 18.8 Å². The monoisotopic (exact) mass is 375 g/mol. The molecule has 1 aliphatic rings. The summed E-state index contributed by atoms with van der Waals surface area (Å²) in [4.78, 5) is 38.4. The van der Waals surface area contributed by atoms with Gasteiger partial charge in [0.25, 0.3) is 11.5 Å². The van der Waals surface area contributed by atoms with Crippen molar-refractivity contribution in [2.75, 3.05) is 19.7 Å². The first-order valence-corrected chi connectivity index (χ1v) is 8.81. The van der Waals surface area contributed by atoms with E-state index >= 15 is 0 Å². The number of amides is 1. The van der Waals surface area contributed by atoms with Gasteiger partial charge < -0.3 is 9.64 Å². The van der Waals surface area contributed by atoms with Crippen molar-refractivity contribution in [2.45, 2.75) is 12.8 Å². The summed E-state index contributed by atoms with van der Waals surface area (Å²) in [5.74, 6) is -0.163. The second-order valence-corrected chi connectivity index (χ2v) is 6.80. The van der Waals surface area contributed by atoms with Crippen LogP contribution in [0.4, 0.5) is 4.39 Å². The van der Waals surface area contributed by atoms with Crippen LogP contribution in [0.2, 0.25) is 0 Å². The van der Waals surface area contributed by atoms with Gasteiger partial charge >= 0.3 is 5.69 Å². The number of hydrogen-bond acceptors (Lipinski definition) is 4. The molecule has 0 saturated carbocycles. The van der Waals surface area contributed by atoms with Crippen LogP contribution < -0.4 is 16.0 Å². The molecule has 1 saturated heterocycles. The van der Waals surface area contributed by atoms with Gasteiger partial charge in [-0.2, -0.15) is 0 Å². The van der Waals surface area contributed by atoms with Crippen molar-refractivity contribution < 1.29 is 13.9 Å². The van der Waals surface area contributed by atoms with E-state index in [2.05, 4.69) is 0 Å². The molecule has 2 heterocycles. The van der Waals surface area contributed by atoms with Gasteiger partial charge in [0.15, 0.2) is 0 Å². The van der Waals surface area contributed by atoms with E-state index in [4.69, 9.17) is 4.74 Å². The highest BCUT2D eigenvalue weighted by atomic mass is 19.1. The lowest BCUT2D eigenvalue weighted by Gasteiger charge is -2.33. The molecule has 1 aromatic heterocycles. The zero-order valence-corrected chi connectivity index (χ0v) is 15.4. The Morgan fingerprint density at radius 2 is 2.00 bits per heavy atom. The van der Waals surface area contributed by atoms with Crippen LogP contribution in [0, 0.1) is 11.7 Å². The fraction of sp³-hybridized carbons (Fsp3) is 0.421. The number of ether oxygens (including phenoxy) is 1. The Kier molecular flexibility index (Phi) is 5.43. The van der Waals surface area contributed by atoms with Crippen molar-refractivity contribution in [3.05, 3.63) is 62.7 Å². The number of nitrogens with zero attached hydrogens (tertiary/aromatic N) is 3. The molecule has 2 aromatic rings. The van der Waals surface area contributed by atoms with Gasteiger partial charge in [-0.3, -0.25) is 18.7 Å². The number of likely N-dealkylation sites (tertiary alicyclic amines) is 1. The van der Waals surface area contributed by atoms with Gasteiger partial charge in [0.05, 0.1) is 6.61 Å². The highest BCUT2D eigenvalue weighted by Gasteiger charge is 2.27. The second kappa shape index (κ2) is 7.77. The maximum atomic E-state index is 13.2. The van der Waals surface area contributed by atoms with Crippen molar-refractivity contribution in [1.29, 1.82) is 0 Å². The average molecular weight is 375 g/mol. The fourth-order valence-corrected chi connectivity index (χ4v) is 3.26. The molecule has 1 atom stereocenters. The quantitative estimate of drug-likeness (QED) is 0.804. The summed E-state index contributed by atoms with van der Waals surface area (Å²) in [6, 6.07) is 7.13. The van der Waals surface area contributed by atoms with Crippen molar-refractivity contribution >= 4 is 5.91 Å². The van der Waals surface area contributed by atoms with Crippen LogP contribution >= 0.6 is 0 Å². The van der Waals surface area contributed by atoms with Crippen LogP contribution in [0.15, 0.2) is 39.9 Å². The zero-order chi connectivity index (χ0) is 19.6. The predicted octanol–water partition coefficient (Wildman–Crippen LogP) is 1.15. The Bertz CT molecular complexity index is 966. The fourth-order valence-electron chi connectivity index (χ4n) is 3.26. The number of rotatable bonds is 4. The second-order valence-electron chi connectivity index (χ2n) is 6.80. The molecule has 144 valence electrons. The Morgan fingerprint density at radius 3 is 2.74 bits per heavy atom. The zero-order valence-electron chi connectivity index (χ0n) is 15.4. The minimum atomic E-state index is -0.533. The summed E-state index contributed by atoms with van der Waals surface area (Å²) in [6.07, 6.45) is 1.68. The molecule has 0 N–H and O–H groups in total. The number of aromatic nitrogens is 2. The largest absolute Gasteiger partial charge is 0.493 e. The number of hydrogen-bond donors (Lipinski definition) is 0. The maximum Gasteiger partial charge on any atom is 0.331 e. The van der Waals surface area contributed by atoms with Crippen LogP contribution in [-0.2, 0) is 14.1 Å². The van der Waals surface area contributed by atoms with Gasteiger partial charge in [-0.25, -0.2) is 9.18 Å². The first-order chi connectivity index (χ1) is 12.9. The highest BCUT2D eigenvalue weighted by Crippen LogP contribution is 2.20. The third kappa shape index (κ3) is 4.10. The number of benzene rings is 1. The van der Waals surface area contributed by atoms with E-state index in [-0.39, 0.29) is 23.3 Å². The summed E-state index contributed by atoms with van der Waals surface area (Å²) < 4.78 is 21.0. The molecule has 1 aromatic carbocycles. The first kappa shape index (κ1) is 18.9. The molecule has 1 aliphatic heterocycles. The van der Waals surface area contributed by atoms with Gasteiger partial charge in [-0.05, 0) is 25.0 Å². The number of carbonyl (C=O) groups excluding carboxylic acids is 1. The molecule has 0 spiro atoms. The van der Waals surface area contributed by atoms with E-state index in [0.29, 0.717) is 25.4 Å². The van der Waals surface area contributed by atoms with Gasteiger partial charge in [-0.1, -0.05) is 6.07 Å². The molecule has 1 amide bonds. The minimum absolute atomic E-state index is 0.0785. The Balaban J connectivity index is 1.70. The lowest BCUT2D eigenvalue weighted by molar-refractivity contribution is 0.0621. The summed E-state index contributed by atoms with van der Waals surface area (Å²) in [5, 5.41) is 0. The Hall–Kier alpha value is -2.90. The molecule has 1 fully saturated rings. The predicted molar refractivity (Wildman–Crippen MR) is 97.4 cm³/mol. The van der Waals surface area contributed by atoms with Crippen molar-refractivity contribution in [3.63, 3.8) is 0 Å². The molecule has 7 nitrogen and oxygen atoms in total. The number of carbonyl (C=O) groups is 1. The normalized spacial score (nSPS) is 17.0. The van der Waals surface area contributed by atoms with Crippen LogP contribution in [-0.4, -0.2) is 39.6 Å². The topological polar surface area (TPSA) is 73.5 Å². The summed E-state index contributed by atoms with van der Waals surface area (Å²) in [7, 11) is 2.85. The van der Waals surface area contributed by atoms with Crippen LogP contribution in [0.3, 0.4) is 0 Å². The van der Waals surface area contributed by atoms with E-state index < -0.39 is 11.2 Å². The lowest BCUT2D eigenvalue weighted by Crippen LogP contribution is -2.45. The van der Waals surface area contributed by atoms with Crippen LogP contribution in [0.1, 0.15) is 23.3 Å². The van der Waals surface area contributed by atoms with Gasteiger partial charge in [0.1, 0.15) is 17.3 Å². The lowest BCUT2D eigenvalue weighted by atomic mass is 9.98. The highest BCUT2D eigenvalue weighted by molar-refractivity contribution is 5.92. The van der Waals surface area contributed by atoms with Crippen molar-refractivity contribution in [2.24, 2.45) is 20.0 Å². The molecule has 8 heteroatoms. The average Bonchev–Trinajstić information content (AvgIpc) is 2.67. The summed E-state index contributed by atoms with van der Waals surface area (Å²) in [6.45, 7) is 1.37. The number of piperidine rings is 1. The summed E-state index contributed by atoms with van der Waals surface area (Å²) in [5.41, 5.74) is -0.965. The molecule has 0 bridgehead atoms. The summed E-state index contributed by atoms with van der Waals surface area (Å²) >= 11 is 0. The van der Waals surface area contributed by atoms with Crippen LogP contribution in [0.5, 0.6) is 5.75 Å². The third-order valence-electron chi connectivity index (χ3n) is 4.83. The Morgan fingerprint density at radius 1 is 1.22 bits per heavy atom. The number of halogens is 1. The molecular formula is C19H22FN3O4. The molecule has 27 heavy (non-hydrogen) atoms. The smallest absolute Gasteiger partial charge is 0.331 e. The van der Waals surface area contributed by atoms with E-state index in [1.54, 1.807) is 17.0 Å².